The summed E-state index contributed by atoms with van der Waals surface area (Å²) in [5.74, 6) is 0.175. The molecule has 0 bridgehead atoms. The summed E-state index contributed by atoms with van der Waals surface area (Å²) in [6.07, 6.45) is 2.59. The molecule has 4 heteroatoms. The Morgan fingerprint density at radius 3 is 2.65 bits per heavy atom. The Morgan fingerprint density at radius 1 is 1.41 bits per heavy atom. The lowest BCUT2D eigenvalue weighted by molar-refractivity contribution is -0.00710. The van der Waals surface area contributed by atoms with Crippen molar-refractivity contribution in [1.82, 2.24) is 0 Å². The van der Waals surface area contributed by atoms with Crippen LogP contribution >= 0.6 is 0 Å². The molecule has 0 atom stereocenters. The zero-order chi connectivity index (χ0) is 12.5. The maximum atomic E-state index is 13.3. The molecule has 1 aromatic carbocycles. The first-order valence-electron chi connectivity index (χ1n) is 5.87. The first kappa shape index (κ1) is 12.3. The van der Waals surface area contributed by atoms with Crippen LogP contribution in [-0.2, 0) is 5.60 Å². The van der Waals surface area contributed by atoms with Gasteiger partial charge < -0.3 is 15.6 Å². The van der Waals surface area contributed by atoms with Gasteiger partial charge in [-0.1, -0.05) is 0 Å². The highest BCUT2D eigenvalue weighted by atomic mass is 19.1. The Bertz CT molecular complexity index is 400. The summed E-state index contributed by atoms with van der Waals surface area (Å²) < 4.78 is 18.5. The summed E-state index contributed by atoms with van der Waals surface area (Å²) in [7, 11) is 1.52. The van der Waals surface area contributed by atoms with Crippen LogP contribution in [0.3, 0.4) is 0 Å². The summed E-state index contributed by atoms with van der Waals surface area (Å²) in [5.41, 5.74) is 5.34. The van der Waals surface area contributed by atoms with E-state index in [1.807, 2.05) is 0 Å². The van der Waals surface area contributed by atoms with Gasteiger partial charge in [0.15, 0.2) is 0 Å². The van der Waals surface area contributed by atoms with E-state index >= 15 is 0 Å². The molecule has 0 aliphatic heterocycles. The molecule has 2 rings (SSSR count). The maximum absolute atomic E-state index is 13.3. The molecule has 3 N–H and O–H groups in total. The Balaban J connectivity index is 2.34. The SMILES string of the molecule is COc1ccc(F)cc1C1(O)CCC(N)CC1. The van der Waals surface area contributed by atoms with Crippen molar-refractivity contribution >= 4 is 0 Å². The van der Waals surface area contributed by atoms with Crippen molar-refractivity contribution in [3.63, 3.8) is 0 Å². The van der Waals surface area contributed by atoms with Crippen molar-refractivity contribution in [3.05, 3.63) is 29.6 Å². The topological polar surface area (TPSA) is 55.5 Å². The zero-order valence-corrected chi connectivity index (χ0v) is 9.95. The summed E-state index contributed by atoms with van der Waals surface area (Å²) in [5, 5.41) is 10.6. The highest BCUT2D eigenvalue weighted by Gasteiger charge is 2.36. The number of rotatable bonds is 2. The van der Waals surface area contributed by atoms with E-state index in [0.29, 0.717) is 24.2 Å². The fourth-order valence-corrected chi connectivity index (χ4v) is 2.43. The second kappa shape index (κ2) is 4.63. The molecule has 3 nitrogen and oxygen atoms in total. The van der Waals surface area contributed by atoms with Crippen LogP contribution in [0.2, 0.25) is 0 Å². The van der Waals surface area contributed by atoms with E-state index in [1.165, 1.54) is 19.2 Å². The van der Waals surface area contributed by atoms with E-state index in [1.54, 1.807) is 6.07 Å². The van der Waals surface area contributed by atoms with Crippen molar-refractivity contribution in [2.45, 2.75) is 37.3 Å². The highest BCUT2D eigenvalue weighted by molar-refractivity contribution is 5.38. The van der Waals surface area contributed by atoms with Gasteiger partial charge in [0.05, 0.1) is 12.7 Å². The van der Waals surface area contributed by atoms with E-state index in [2.05, 4.69) is 0 Å². The van der Waals surface area contributed by atoms with Crippen molar-refractivity contribution < 1.29 is 14.2 Å². The molecule has 1 aliphatic rings. The number of nitrogens with two attached hydrogens (primary N) is 1. The minimum Gasteiger partial charge on any atom is -0.496 e. The van der Waals surface area contributed by atoms with Crippen LogP contribution < -0.4 is 10.5 Å². The second-order valence-corrected chi connectivity index (χ2v) is 4.71. The summed E-state index contributed by atoms with van der Waals surface area (Å²) in [6.45, 7) is 0. The van der Waals surface area contributed by atoms with Gasteiger partial charge in [-0.05, 0) is 43.9 Å². The molecule has 0 saturated heterocycles. The lowest BCUT2D eigenvalue weighted by Crippen LogP contribution is -2.37. The Hall–Kier alpha value is -1.13. The zero-order valence-electron chi connectivity index (χ0n) is 9.95. The average molecular weight is 239 g/mol. The summed E-state index contributed by atoms with van der Waals surface area (Å²) >= 11 is 0. The fraction of sp³-hybridized carbons (Fsp3) is 0.538. The smallest absolute Gasteiger partial charge is 0.125 e. The molecule has 94 valence electrons. The summed E-state index contributed by atoms with van der Waals surface area (Å²) in [4.78, 5) is 0. The number of hydrogen-bond donors (Lipinski definition) is 2. The molecular formula is C13H18FNO2. The van der Waals surface area contributed by atoms with Crippen LogP contribution in [0, 0.1) is 5.82 Å². The van der Waals surface area contributed by atoms with Crippen LogP contribution in [0.15, 0.2) is 18.2 Å². The van der Waals surface area contributed by atoms with E-state index in [-0.39, 0.29) is 11.9 Å². The quantitative estimate of drug-likeness (QED) is 0.829. The van der Waals surface area contributed by atoms with Gasteiger partial charge in [0, 0.05) is 11.6 Å². The molecular weight excluding hydrogens is 221 g/mol. The minimum absolute atomic E-state index is 0.134. The van der Waals surface area contributed by atoms with E-state index in [9.17, 15) is 9.50 Å². The Labute approximate surface area is 100 Å². The number of hydrogen-bond acceptors (Lipinski definition) is 3. The third-order valence-corrected chi connectivity index (χ3v) is 3.52. The number of ether oxygens (including phenoxy) is 1. The molecule has 0 radical (unpaired) electrons. The summed E-state index contributed by atoms with van der Waals surface area (Å²) in [6, 6.07) is 4.38. The van der Waals surface area contributed by atoms with Gasteiger partial charge in [-0.3, -0.25) is 0 Å². The predicted octanol–water partition coefficient (Wildman–Crippen LogP) is 1.92. The number of benzene rings is 1. The molecule has 0 heterocycles. The highest BCUT2D eigenvalue weighted by Crippen LogP contribution is 2.41. The minimum atomic E-state index is -1.01. The number of methoxy groups -OCH3 is 1. The van der Waals surface area contributed by atoms with Crippen molar-refractivity contribution in [1.29, 1.82) is 0 Å². The van der Waals surface area contributed by atoms with Crippen LogP contribution in [0.4, 0.5) is 4.39 Å². The van der Waals surface area contributed by atoms with E-state index in [4.69, 9.17) is 10.5 Å². The van der Waals surface area contributed by atoms with Gasteiger partial charge in [0.1, 0.15) is 11.6 Å². The van der Waals surface area contributed by atoms with E-state index in [0.717, 1.165) is 12.8 Å². The average Bonchev–Trinajstić information content (AvgIpc) is 2.33. The van der Waals surface area contributed by atoms with Crippen LogP contribution in [0.5, 0.6) is 5.75 Å². The predicted molar refractivity (Wildman–Crippen MR) is 63.3 cm³/mol. The third kappa shape index (κ3) is 2.42. The van der Waals surface area contributed by atoms with Crippen molar-refractivity contribution in [3.8, 4) is 5.75 Å². The van der Waals surface area contributed by atoms with Crippen LogP contribution in [0.25, 0.3) is 0 Å². The van der Waals surface area contributed by atoms with Gasteiger partial charge in [-0.15, -0.1) is 0 Å². The first-order chi connectivity index (χ1) is 8.05. The maximum Gasteiger partial charge on any atom is 0.125 e. The van der Waals surface area contributed by atoms with Crippen LogP contribution in [0.1, 0.15) is 31.2 Å². The molecule has 0 amide bonds. The Morgan fingerprint density at radius 2 is 2.06 bits per heavy atom. The van der Waals surface area contributed by atoms with Crippen molar-refractivity contribution in [2.75, 3.05) is 7.11 Å². The number of aliphatic hydroxyl groups is 1. The molecule has 0 spiro atoms. The molecule has 1 fully saturated rings. The van der Waals surface area contributed by atoms with Gasteiger partial charge in [-0.2, -0.15) is 0 Å². The Kier molecular flexibility index (Phi) is 3.35. The van der Waals surface area contributed by atoms with Gasteiger partial charge in [0.2, 0.25) is 0 Å². The molecule has 1 saturated carbocycles. The molecule has 1 aromatic rings. The molecule has 1 aliphatic carbocycles. The van der Waals surface area contributed by atoms with Crippen molar-refractivity contribution in [2.24, 2.45) is 5.73 Å². The second-order valence-electron chi connectivity index (χ2n) is 4.71. The monoisotopic (exact) mass is 239 g/mol. The number of halogens is 1. The van der Waals surface area contributed by atoms with Gasteiger partial charge in [-0.25, -0.2) is 4.39 Å². The molecule has 0 aromatic heterocycles. The van der Waals surface area contributed by atoms with Gasteiger partial charge in [0.25, 0.3) is 0 Å². The third-order valence-electron chi connectivity index (χ3n) is 3.52. The van der Waals surface area contributed by atoms with Crippen LogP contribution in [-0.4, -0.2) is 18.3 Å². The molecule has 0 unspecified atom stereocenters. The first-order valence-corrected chi connectivity index (χ1v) is 5.87. The lowest BCUT2D eigenvalue weighted by atomic mass is 9.77. The van der Waals surface area contributed by atoms with E-state index < -0.39 is 5.60 Å². The fourth-order valence-electron chi connectivity index (χ4n) is 2.43. The molecule has 17 heavy (non-hydrogen) atoms. The van der Waals surface area contributed by atoms with Gasteiger partial charge >= 0.3 is 0 Å². The normalized spacial score (nSPS) is 29.1. The lowest BCUT2D eigenvalue weighted by Gasteiger charge is -2.35. The largest absolute Gasteiger partial charge is 0.496 e. The standard InChI is InChI=1S/C13H18FNO2/c1-17-12-3-2-9(14)8-11(12)13(16)6-4-10(15)5-7-13/h2-3,8,10,16H,4-7,15H2,1H3.